The molecule has 2 nitrogen and oxygen atoms in total. The molecule has 2 rings (SSSR count). The van der Waals surface area contributed by atoms with E-state index in [9.17, 15) is 4.39 Å². The fraction of sp³-hybridized carbons (Fsp3) is 0.600. The van der Waals surface area contributed by atoms with E-state index in [0.29, 0.717) is 12.1 Å². The fourth-order valence-corrected chi connectivity index (χ4v) is 2.52. The van der Waals surface area contributed by atoms with Gasteiger partial charge in [0.05, 0.1) is 6.10 Å². The van der Waals surface area contributed by atoms with Gasteiger partial charge in [0.25, 0.3) is 0 Å². The van der Waals surface area contributed by atoms with Crippen molar-refractivity contribution in [2.75, 3.05) is 13.7 Å². The average molecular weight is 251 g/mol. The summed E-state index contributed by atoms with van der Waals surface area (Å²) >= 11 is 0. The second kappa shape index (κ2) is 6.86. The highest BCUT2D eigenvalue weighted by molar-refractivity contribution is 5.17. The summed E-state index contributed by atoms with van der Waals surface area (Å²) in [5, 5.41) is 3.34. The molecule has 0 amide bonds. The summed E-state index contributed by atoms with van der Waals surface area (Å²) in [6.07, 6.45) is 5.99. The molecule has 1 aliphatic rings. The van der Waals surface area contributed by atoms with Gasteiger partial charge in [-0.25, -0.2) is 4.39 Å². The maximum absolute atomic E-state index is 12.8. The lowest BCUT2D eigenvalue weighted by atomic mass is 9.97. The number of hydrogen-bond acceptors (Lipinski definition) is 2. The van der Waals surface area contributed by atoms with Gasteiger partial charge in [0.2, 0.25) is 0 Å². The smallest absolute Gasteiger partial charge is 0.123 e. The summed E-state index contributed by atoms with van der Waals surface area (Å²) in [5.41, 5.74) is 1.17. The Kier molecular flexibility index (Phi) is 5.14. The minimum atomic E-state index is -0.171. The van der Waals surface area contributed by atoms with Crippen molar-refractivity contribution in [3.8, 4) is 0 Å². The molecule has 1 fully saturated rings. The van der Waals surface area contributed by atoms with E-state index in [1.165, 1.54) is 37.0 Å². The van der Waals surface area contributed by atoms with Gasteiger partial charge in [-0.1, -0.05) is 12.1 Å². The van der Waals surface area contributed by atoms with Gasteiger partial charge in [0, 0.05) is 12.6 Å². The van der Waals surface area contributed by atoms with Gasteiger partial charge in [-0.15, -0.1) is 0 Å². The van der Waals surface area contributed by atoms with Crippen molar-refractivity contribution >= 4 is 0 Å². The molecule has 2 atom stereocenters. The zero-order valence-corrected chi connectivity index (χ0v) is 11.0. The normalized spacial score (nSPS) is 21.8. The Labute approximate surface area is 109 Å². The lowest BCUT2D eigenvalue weighted by molar-refractivity contribution is 0.00569. The van der Waals surface area contributed by atoms with E-state index in [1.807, 2.05) is 19.2 Å². The van der Waals surface area contributed by atoms with Crippen molar-refractivity contribution in [2.24, 2.45) is 0 Å². The van der Waals surface area contributed by atoms with Crippen LogP contribution in [0.1, 0.15) is 31.2 Å². The van der Waals surface area contributed by atoms with Crippen molar-refractivity contribution in [3.63, 3.8) is 0 Å². The zero-order valence-electron chi connectivity index (χ0n) is 11.0. The van der Waals surface area contributed by atoms with Crippen molar-refractivity contribution in [1.29, 1.82) is 0 Å². The summed E-state index contributed by atoms with van der Waals surface area (Å²) in [7, 11) is 1.98. The minimum Gasteiger partial charge on any atom is -0.378 e. The second-order valence-electron chi connectivity index (χ2n) is 5.04. The molecule has 0 spiro atoms. The van der Waals surface area contributed by atoms with Crippen LogP contribution in [0.5, 0.6) is 0 Å². The predicted molar refractivity (Wildman–Crippen MR) is 71.2 cm³/mol. The van der Waals surface area contributed by atoms with Crippen LogP contribution in [0.25, 0.3) is 0 Å². The van der Waals surface area contributed by atoms with E-state index in [4.69, 9.17) is 4.74 Å². The molecule has 0 bridgehead atoms. The monoisotopic (exact) mass is 251 g/mol. The first kappa shape index (κ1) is 13.5. The van der Waals surface area contributed by atoms with E-state index in [-0.39, 0.29) is 5.82 Å². The van der Waals surface area contributed by atoms with Gasteiger partial charge in [-0.3, -0.25) is 0 Å². The molecule has 1 N–H and O–H groups in total. The van der Waals surface area contributed by atoms with Crippen LogP contribution in [0.15, 0.2) is 24.3 Å². The third-order valence-electron chi connectivity index (χ3n) is 3.63. The average Bonchev–Trinajstić information content (AvgIpc) is 2.41. The first-order valence-electron chi connectivity index (χ1n) is 6.81. The Bertz CT molecular complexity index is 346. The molecular formula is C15H22FNO. The van der Waals surface area contributed by atoms with Crippen LogP contribution in [-0.4, -0.2) is 25.8 Å². The molecule has 1 saturated heterocycles. The first-order valence-corrected chi connectivity index (χ1v) is 6.81. The molecule has 1 heterocycles. The van der Waals surface area contributed by atoms with Gasteiger partial charge in [-0.2, -0.15) is 0 Å². The van der Waals surface area contributed by atoms with Gasteiger partial charge < -0.3 is 10.1 Å². The third kappa shape index (κ3) is 4.07. The van der Waals surface area contributed by atoms with Crippen molar-refractivity contribution in [1.82, 2.24) is 5.32 Å². The van der Waals surface area contributed by atoms with E-state index >= 15 is 0 Å². The summed E-state index contributed by atoms with van der Waals surface area (Å²) in [5.74, 6) is -0.171. The van der Waals surface area contributed by atoms with Gasteiger partial charge >= 0.3 is 0 Å². The first-order chi connectivity index (χ1) is 8.78. The number of ether oxygens (including phenoxy) is 1. The molecule has 1 aromatic rings. The molecule has 100 valence electrons. The molecule has 3 heteroatoms. The number of rotatable bonds is 5. The summed E-state index contributed by atoms with van der Waals surface area (Å²) in [4.78, 5) is 0. The molecule has 1 aliphatic heterocycles. The third-order valence-corrected chi connectivity index (χ3v) is 3.63. The Hall–Kier alpha value is -0.930. The van der Waals surface area contributed by atoms with Crippen LogP contribution in [0, 0.1) is 5.82 Å². The summed E-state index contributed by atoms with van der Waals surface area (Å²) in [6.45, 7) is 0.900. The Morgan fingerprint density at radius 1 is 1.33 bits per heavy atom. The number of halogens is 1. The Balaban J connectivity index is 1.86. The molecule has 2 unspecified atom stereocenters. The Morgan fingerprint density at radius 3 is 2.72 bits per heavy atom. The van der Waals surface area contributed by atoms with Crippen LogP contribution in [0.4, 0.5) is 4.39 Å². The van der Waals surface area contributed by atoms with Crippen LogP contribution in [0.3, 0.4) is 0 Å². The molecule has 0 saturated carbocycles. The molecule has 0 aromatic heterocycles. The zero-order chi connectivity index (χ0) is 12.8. The minimum absolute atomic E-state index is 0.171. The highest BCUT2D eigenvalue weighted by atomic mass is 19.1. The van der Waals surface area contributed by atoms with Gasteiger partial charge in [0.15, 0.2) is 0 Å². The van der Waals surface area contributed by atoms with Crippen LogP contribution < -0.4 is 5.32 Å². The second-order valence-corrected chi connectivity index (χ2v) is 5.04. The lowest BCUT2D eigenvalue weighted by Gasteiger charge is -2.27. The lowest BCUT2D eigenvalue weighted by Crippen LogP contribution is -2.34. The van der Waals surface area contributed by atoms with Crippen molar-refractivity contribution in [2.45, 2.75) is 44.2 Å². The van der Waals surface area contributed by atoms with Gasteiger partial charge in [0.1, 0.15) is 5.82 Å². The maximum atomic E-state index is 12.8. The molecule has 18 heavy (non-hydrogen) atoms. The number of nitrogens with one attached hydrogen (secondary N) is 1. The largest absolute Gasteiger partial charge is 0.378 e. The quantitative estimate of drug-likeness (QED) is 0.868. The van der Waals surface area contributed by atoms with Crippen molar-refractivity contribution in [3.05, 3.63) is 35.6 Å². The van der Waals surface area contributed by atoms with E-state index in [1.54, 1.807) is 0 Å². The molecule has 0 radical (unpaired) electrons. The maximum Gasteiger partial charge on any atom is 0.123 e. The van der Waals surface area contributed by atoms with E-state index < -0.39 is 0 Å². The fourth-order valence-electron chi connectivity index (χ4n) is 2.52. The molecule has 1 aromatic carbocycles. The van der Waals surface area contributed by atoms with E-state index in [2.05, 4.69) is 5.32 Å². The van der Waals surface area contributed by atoms with Crippen LogP contribution in [0.2, 0.25) is 0 Å². The van der Waals surface area contributed by atoms with Crippen LogP contribution >= 0.6 is 0 Å². The highest BCUT2D eigenvalue weighted by Gasteiger charge is 2.18. The van der Waals surface area contributed by atoms with Crippen LogP contribution in [-0.2, 0) is 11.2 Å². The number of hydrogen-bond donors (Lipinski definition) is 1. The highest BCUT2D eigenvalue weighted by Crippen LogP contribution is 2.18. The summed E-state index contributed by atoms with van der Waals surface area (Å²) in [6, 6.07) is 7.18. The summed E-state index contributed by atoms with van der Waals surface area (Å²) < 4.78 is 18.6. The standard InChI is InChI=1S/C15H22FNO/c1-17-14(11-15-4-2-3-9-18-15)10-12-5-7-13(16)8-6-12/h5-8,14-15,17H,2-4,9-11H2,1H3. The predicted octanol–water partition coefficient (Wildman–Crippen LogP) is 2.92. The number of benzene rings is 1. The molecular weight excluding hydrogens is 229 g/mol. The Morgan fingerprint density at radius 2 is 2.11 bits per heavy atom. The topological polar surface area (TPSA) is 21.3 Å². The molecule has 0 aliphatic carbocycles. The van der Waals surface area contributed by atoms with Crippen molar-refractivity contribution < 1.29 is 9.13 Å². The van der Waals surface area contributed by atoms with E-state index in [0.717, 1.165) is 19.4 Å². The number of likely N-dealkylation sites (N-methyl/N-ethyl adjacent to an activating group) is 1. The van der Waals surface area contributed by atoms with Gasteiger partial charge in [-0.05, 0) is 56.8 Å². The SMILES string of the molecule is CNC(Cc1ccc(F)cc1)CC1CCCCO1.